The molecule has 3 rings (SSSR count). The Kier molecular flexibility index (Phi) is 3.42. The molecule has 0 saturated carbocycles. The highest BCUT2D eigenvalue weighted by atomic mass is 15.0. The van der Waals surface area contributed by atoms with Gasteiger partial charge in [0.25, 0.3) is 0 Å². The van der Waals surface area contributed by atoms with Crippen molar-refractivity contribution in [2.75, 3.05) is 11.9 Å². The first kappa shape index (κ1) is 11.5. The number of anilines is 1. The van der Waals surface area contributed by atoms with Crippen LogP contribution in [-0.4, -0.2) is 18.3 Å². The molecular weight excluding hydrogens is 222 g/mol. The van der Waals surface area contributed by atoms with E-state index >= 15 is 0 Å². The van der Waals surface area contributed by atoms with Gasteiger partial charge in [0.1, 0.15) is 0 Å². The summed E-state index contributed by atoms with van der Waals surface area (Å²) in [6.07, 6.45) is 8.84. The lowest BCUT2D eigenvalue weighted by atomic mass is 9.98. The van der Waals surface area contributed by atoms with E-state index in [1.54, 1.807) is 0 Å². The molecule has 0 radical (unpaired) electrons. The van der Waals surface area contributed by atoms with Crippen molar-refractivity contribution >= 4 is 11.4 Å². The largest absolute Gasteiger partial charge is 0.360 e. The summed E-state index contributed by atoms with van der Waals surface area (Å²) in [6.45, 7) is 1.10. The van der Waals surface area contributed by atoms with Crippen LogP contribution in [0.5, 0.6) is 0 Å². The second-order valence-corrected chi connectivity index (χ2v) is 4.88. The molecule has 94 valence electrons. The zero-order chi connectivity index (χ0) is 12.2. The molecule has 1 fully saturated rings. The van der Waals surface area contributed by atoms with Crippen molar-refractivity contribution < 1.29 is 0 Å². The first-order valence-corrected chi connectivity index (χ1v) is 6.77. The Balaban J connectivity index is 1.95. The molecule has 1 unspecified atom stereocenters. The number of hydrogen-bond acceptors (Lipinski definition) is 3. The number of para-hydroxylation sites is 1. The van der Waals surface area contributed by atoms with Gasteiger partial charge in [-0.15, -0.1) is 0 Å². The summed E-state index contributed by atoms with van der Waals surface area (Å²) in [4.78, 5) is 4.64. The fourth-order valence-electron chi connectivity index (χ4n) is 2.69. The van der Waals surface area contributed by atoms with Gasteiger partial charge in [0, 0.05) is 23.7 Å². The molecule has 0 bridgehead atoms. The molecule has 0 aliphatic carbocycles. The smallest absolute Gasteiger partial charge is 0.0666 e. The van der Waals surface area contributed by atoms with Crippen LogP contribution in [0, 0.1) is 0 Å². The monoisotopic (exact) mass is 241 g/mol. The molecule has 2 heterocycles. The Morgan fingerprint density at radius 2 is 2.06 bits per heavy atom. The molecule has 1 saturated heterocycles. The zero-order valence-electron chi connectivity index (χ0n) is 10.5. The van der Waals surface area contributed by atoms with Gasteiger partial charge in [-0.1, -0.05) is 31.0 Å². The van der Waals surface area contributed by atoms with E-state index < -0.39 is 0 Å². The Hall–Kier alpha value is -1.61. The van der Waals surface area contributed by atoms with Crippen molar-refractivity contribution in [3.63, 3.8) is 0 Å². The average molecular weight is 241 g/mol. The Labute approximate surface area is 108 Å². The minimum Gasteiger partial charge on any atom is -0.360 e. The predicted molar refractivity (Wildman–Crippen MR) is 76.0 cm³/mol. The fourth-order valence-corrected chi connectivity index (χ4v) is 2.69. The van der Waals surface area contributed by atoms with E-state index in [-0.39, 0.29) is 0 Å². The maximum Gasteiger partial charge on any atom is 0.0666 e. The van der Waals surface area contributed by atoms with Crippen molar-refractivity contribution in [3.8, 4) is 0 Å². The molecule has 0 spiro atoms. The van der Waals surface area contributed by atoms with Gasteiger partial charge in [-0.05, 0) is 25.5 Å². The van der Waals surface area contributed by atoms with Gasteiger partial charge in [-0.2, -0.15) is 0 Å². The molecule has 2 aliphatic heterocycles. The van der Waals surface area contributed by atoms with Gasteiger partial charge in [-0.25, -0.2) is 0 Å². The molecule has 18 heavy (non-hydrogen) atoms. The van der Waals surface area contributed by atoms with Gasteiger partial charge >= 0.3 is 0 Å². The molecule has 1 atom stereocenters. The van der Waals surface area contributed by atoms with Crippen LogP contribution in [-0.2, 0) is 0 Å². The van der Waals surface area contributed by atoms with Crippen LogP contribution >= 0.6 is 0 Å². The SMILES string of the molecule is C1=CNc2ccccc2C(C2CCCCCN2)=N1. The highest BCUT2D eigenvalue weighted by molar-refractivity contribution is 6.09. The van der Waals surface area contributed by atoms with Crippen molar-refractivity contribution in [3.05, 3.63) is 42.2 Å². The summed E-state index contributed by atoms with van der Waals surface area (Å²) < 4.78 is 0. The van der Waals surface area contributed by atoms with Crippen LogP contribution < -0.4 is 10.6 Å². The second kappa shape index (κ2) is 5.36. The number of aliphatic imine (C=N–C) groups is 1. The quantitative estimate of drug-likeness (QED) is 0.793. The van der Waals surface area contributed by atoms with Crippen LogP contribution in [0.3, 0.4) is 0 Å². The number of nitrogens with one attached hydrogen (secondary N) is 2. The standard InChI is InChI=1S/C15H19N3/c1-2-8-14(16-9-5-1)15-12-6-3-4-7-13(12)17-10-11-18-15/h3-4,6-7,10-11,14,16-17H,1-2,5,8-9H2. The van der Waals surface area contributed by atoms with Crippen molar-refractivity contribution in [2.45, 2.75) is 31.7 Å². The third-order valence-corrected chi connectivity index (χ3v) is 3.62. The molecule has 1 aromatic rings. The number of nitrogens with zero attached hydrogens (tertiary/aromatic N) is 1. The van der Waals surface area contributed by atoms with Crippen molar-refractivity contribution in [2.24, 2.45) is 4.99 Å². The lowest BCUT2D eigenvalue weighted by Gasteiger charge is -2.19. The van der Waals surface area contributed by atoms with Crippen molar-refractivity contribution in [1.82, 2.24) is 5.32 Å². The van der Waals surface area contributed by atoms with Gasteiger partial charge in [0.2, 0.25) is 0 Å². The molecular formula is C15H19N3. The normalized spacial score (nSPS) is 23.3. The van der Waals surface area contributed by atoms with E-state index in [2.05, 4.69) is 39.9 Å². The molecule has 0 amide bonds. The first-order chi connectivity index (χ1) is 8.95. The summed E-state index contributed by atoms with van der Waals surface area (Å²) >= 11 is 0. The first-order valence-electron chi connectivity index (χ1n) is 6.77. The lowest BCUT2D eigenvalue weighted by Crippen LogP contribution is -2.36. The Morgan fingerprint density at radius 3 is 3.06 bits per heavy atom. The van der Waals surface area contributed by atoms with Gasteiger partial charge in [0.05, 0.1) is 11.8 Å². The highest BCUT2D eigenvalue weighted by Gasteiger charge is 2.21. The summed E-state index contributed by atoms with van der Waals surface area (Å²) in [5.41, 5.74) is 3.55. The van der Waals surface area contributed by atoms with E-state index in [0.29, 0.717) is 6.04 Å². The maximum absolute atomic E-state index is 4.64. The summed E-state index contributed by atoms with van der Waals surface area (Å²) in [6, 6.07) is 8.79. The molecule has 2 aliphatic rings. The van der Waals surface area contributed by atoms with Crippen molar-refractivity contribution in [1.29, 1.82) is 0 Å². The highest BCUT2D eigenvalue weighted by Crippen LogP contribution is 2.22. The number of hydrogen-bond donors (Lipinski definition) is 2. The number of fused-ring (bicyclic) bond motifs is 1. The van der Waals surface area contributed by atoms with Crippen LogP contribution in [0.1, 0.15) is 31.2 Å². The van der Waals surface area contributed by atoms with E-state index in [1.807, 2.05) is 12.4 Å². The topological polar surface area (TPSA) is 36.4 Å². The molecule has 3 nitrogen and oxygen atoms in total. The molecule has 3 heteroatoms. The number of benzene rings is 1. The summed E-state index contributed by atoms with van der Waals surface area (Å²) in [7, 11) is 0. The third kappa shape index (κ3) is 2.31. The van der Waals surface area contributed by atoms with Gasteiger partial charge < -0.3 is 10.6 Å². The average Bonchev–Trinajstić information content (AvgIpc) is 2.79. The van der Waals surface area contributed by atoms with Gasteiger partial charge in [0.15, 0.2) is 0 Å². The van der Waals surface area contributed by atoms with Gasteiger partial charge in [-0.3, -0.25) is 4.99 Å². The van der Waals surface area contributed by atoms with Crippen LogP contribution in [0.2, 0.25) is 0 Å². The maximum atomic E-state index is 4.64. The minimum absolute atomic E-state index is 0.387. The summed E-state index contributed by atoms with van der Waals surface area (Å²) in [5, 5.41) is 6.91. The van der Waals surface area contributed by atoms with E-state index in [4.69, 9.17) is 0 Å². The van der Waals surface area contributed by atoms with E-state index in [9.17, 15) is 0 Å². The number of rotatable bonds is 1. The minimum atomic E-state index is 0.387. The van der Waals surface area contributed by atoms with Crippen LogP contribution in [0.15, 0.2) is 41.7 Å². The van der Waals surface area contributed by atoms with E-state index in [0.717, 1.165) is 12.2 Å². The second-order valence-electron chi connectivity index (χ2n) is 4.88. The summed E-state index contributed by atoms with van der Waals surface area (Å²) in [5.74, 6) is 0. The fraction of sp³-hybridized carbons (Fsp3) is 0.400. The van der Waals surface area contributed by atoms with Crippen LogP contribution in [0.25, 0.3) is 0 Å². The Morgan fingerprint density at radius 1 is 1.11 bits per heavy atom. The predicted octanol–water partition coefficient (Wildman–Crippen LogP) is 2.90. The Bertz CT molecular complexity index is 468. The van der Waals surface area contributed by atoms with E-state index in [1.165, 1.54) is 37.0 Å². The molecule has 2 N–H and O–H groups in total. The zero-order valence-corrected chi connectivity index (χ0v) is 10.5. The molecule has 0 aromatic heterocycles. The lowest BCUT2D eigenvalue weighted by molar-refractivity contribution is 0.625. The third-order valence-electron chi connectivity index (χ3n) is 3.62. The van der Waals surface area contributed by atoms with Crippen LogP contribution in [0.4, 0.5) is 5.69 Å². The molecule has 1 aromatic carbocycles.